The van der Waals surface area contributed by atoms with Gasteiger partial charge in [0, 0.05) is 18.6 Å². The van der Waals surface area contributed by atoms with E-state index in [9.17, 15) is 4.79 Å². The molecule has 1 heterocycles. The fourth-order valence-corrected chi connectivity index (χ4v) is 4.16. The van der Waals surface area contributed by atoms with Crippen LogP contribution in [0.5, 0.6) is 0 Å². The van der Waals surface area contributed by atoms with Gasteiger partial charge in [0.05, 0.1) is 0 Å². The van der Waals surface area contributed by atoms with Crippen molar-refractivity contribution in [3.05, 3.63) is 0 Å². The van der Waals surface area contributed by atoms with Gasteiger partial charge in [-0.15, -0.1) is 0 Å². The molecule has 0 atom stereocenters. The number of unbranched alkanes of at least 4 members (excludes halogenated alkanes) is 13. The summed E-state index contributed by atoms with van der Waals surface area (Å²) in [6, 6.07) is -0.0373. The van der Waals surface area contributed by atoms with Crippen LogP contribution in [0.4, 0.5) is 4.79 Å². The molecule has 0 bridgehead atoms. The molecule has 1 saturated heterocycles. The molecule has 2 amide bonds. The summed E-state index contributed by atoms with van der Waals surface area (Å²) in [4.78, 5) is 12.1. The molecule has 1 aliphatic heterocycles. The Bertz CT molecular complexity index is 384. The zero-order chi connectivity index (χ0) is 20.5. The van der Waals surface area contributed by atoms with Crippen molar-refractivity contribution >= 4 is 6.03 Å². The summed E-state index contributed by atoms with van der Waals surface area (Å²) in [5.41, 5.74) is 3.12. The number of hydrazine groups is 1. The summed E-state index contributed by atoms with van der Waals surface area (Å²) in [6.07, 6.45) is 22.7. The predicted octanol–water partition coefficient (Wildman–Crippen LogP) is 6.95. The number of carbonyl (C=O) groups is 1. The fraction of sp³-hybridized carbons (Fsp3) is 0.958. The van der Waals surface area contributed by atoms with E-state index in [2.05, 4.69) is 36.5 Å². The normalized spacial score (nSPS) is 16.8. The predicted molar refractivity (Wildman–Crippen MR) is 121 cm³/mol. The summed E-state index contributed by atoms with van der Waals surface area (Å²) in [6.45, 7) is 8.45. The molecule has 1 fully saturated rings. The number of nitrogens with one attached hydrogen (secondary N) is 2. The van der Waals surface area contributed by atoms with Gasteiger partial charge in [0.25, 0.3) is 0 Å². The smallest absolute Gasteiger partial charge is 0.329 e. The highest BCUT2D eigenvalue weighted by Crippen LogP contribution is 2.25. The highest BCUT2D eigenvalue weighted by molar-refractivity contribution is 5.73. The van der Waals surface area contributed by atoms with E-state index in [-0.39, 0.29) is 11.6 Å². The van der Waals surface area contributed by atoms with Gasteiger partial charge in [-0.25, -0.2) is 9.80 Å². The molecule has 0 saturated carbocycles. The third-order valence-electron chi connectivity index (χ3n) is 6.20. The minimum absolute atomic E-state index is 0.0373. The first-order valence-corrected chi connectivity index (χ1v) is 12.4. The van der Waals surface area contributed by atoms with Crippen molar-refractivity contribution in [2.75, 3.05) is 13.1 Å². The average Bonchev–Trinajstić information content (AvgIpc) is 2.66. The molecule has 0 radical (unpaired) electrons. The summed E-state index contributed by atoms with van der Waals surface area (Å²) in [7, 11) is 0. The first-order chi connectivity index (χ1) is 13.6. The Hall–Kier alpha value is -0.770. The van der Waals surface area contributed by atoms with E-state index in [0.29, 0.717) is 0 Å². The topological polar surface area (TPSA) is 44.4 Å². The number of hydrogen-bond donors (Lipinski definition) is 2. The van der Waals surface area contributed by atoms with Crippen LogP contribution in [-0.2, 0) is 0 Å². The third kappa shape index (κ3) is 12.6. The lowest BCUT2D eigenvalue weighted by atomic mass is 9.92. The second-order valence-corrected chi connectivity index (χ2v) is 9.39. The molecule has 0 aliphatic carbocycles. The second kappa shape index (κ2) is 16.1. The summed E-state index contributed by atoms with van der Waals surface area (Å²) < 4.78 is 0. The molecular weight excluding hydrogens is 346 g/mol. The van der Waals surface area contributed by atoms with Crippen LogP contribution in [0.15, 0.2) is 0 Å². The van der Waals surface area contributed by atoms with Gasteiger partial charge in [0.2, 0.25) is 0 Å². The number of rotatable bonds is 16. The highest BCUT2D eigenvalue weighted by Gasteiger charge is 2.30. The third-order valence-corrected chi connectivity index (χ3v) is 6.20. The number of piperidine rings is 1. The van der Waals surface area contributed by atoms with Crippen molar-refractivity contribution in [3.63, 3.8) is 0 Å². The number of nitrogens with zero attached hydrogens (tertiary/aromatic N) is 1. The van der Waals surface area contributed by atoms with E-state index in [1.807, 2.05) is 0 Å². The van der Waals surface area contributed by atoms with Gasteiger partial charge in [0.15, 0.2) is 0 Å². The van der Waals surface area contributed by atoms with Crippen LogP contribution < -0.4 is 10.7 Å². The number of urea groups is 1. The summed E-state index contributed by atoms with van der Waals surface area (Å²) >= 11 is 0. The number of carbonyl (C=O) groups excluding carboxylic acids is 1. The molecule has 28 heavy (non-hydrogen) atoms. The maximum Gasteiger partial charge on any atom is 0.329 e. The molecule has 1 aliphatic rings. The van der Waals surface area contributed by atoms with Crippen molar-refractivity contribution < 1.29 is 4.79 Å². The van der Waals surface area contributed by atoms with Crippen molar-refractivity contribution in [2.45, 2.75) is 135 Å². The zero-order valence-corrected chi connectivity index (χ0v) is 19.3. The molecule has 0 unspecified atom stereocenters. The van der Waals surface area contributed by atoms with E-state index < -0.39 is 0 Å². The van der Waals surface area contributed by atoms with Gasteiger partial charge in [-0.05, 0) is 33.1 Å². The Labute approximate surface area is 175 Å². The van der Waals surface area contributed by atoms with E-state index in [4.69, 9.17) is 0 Å². The fourth-order valence-electron chi connectivity index (χ4n) is 4.16. The van der Waals surface area contributed by atoms with Crippen LogP contribution in [0.25, 0.3) is 0 Å². The van der Waals surface area contributed by atoms with Crippen molar-refractivity contribution in [1.29, 1.82) is 0 Å². The summed E-state index contributed by atoms with van der Waals surface area (Å²) in [5, 5.41) is 5.13. The molecule has 0 aromatic carbocycles. The molecule has 0 aromatic heterocycles. The largest absolute Gasteiger partial charge is 0.337 e. The first kappa shape index (κ1) is 25.3. The van der Waals surface area contributed by atoms with Crippen LogP contribution in [0.2, 0.25) is 0 Å². The maximum absolute atomic E-state index is 12.1. The Balaban J connectivity index is 1.83. The van der Waals surface area contributed by atoms with Gasteiger partial charge < -0.3 is 5.32 Å². The van der Waals surface area contributed by atoms with Crippen LogP contribution >= 0.6 is 0 Å². The minimum Gasteiger partial charge on any atom is -0.337 e. The quantitative estimate of drug-likeness (QED) is 0.278. The molecular formula is C24H49N3O. The van der Waals surface area contributed by atoms with Gasteiger partial charge in [-0.2, -0.15) is 0 Å². The van der Waals surface area contributed by atoms with E-state index in [1.54, 1.807) is 0 Å². The lowest BCUT2D eigenvalue weighted by molar-refractivity contribution is 0.0377. The molecule has 2 N–H and O–H groups in total. The van der Waals surface area contributed by atoms with Gasteiger partial charge in [-0.1, -0.05) is 96.8 Å². The molecule has 4 heteroatoms. The molecule has 4 nitrogen and oxygen atoms in total. The lowest BCUT2D eigenvalue weighted by Crippen LogP contribution is -2.58. The van der Waals surface area contributed by atoms with Crippen molar-refractivity contribution in [1.82, 2.24) is 15.8 Å². The monoisotopic (exact) mass is 395 g/mol. The van der Waals surface area contributed by atoms with Crippen molar-refractivity contribution in [2.24, 2.45) is 0 Å². The summed E-state index contributed by atoms with van der Waals surface area (Å²) in [5.74, 6) is 0. The Morgan fingerprint density at radius 2 is 1.29 bits per heavy atom. The minimum atomic E-state index is -0.0373. The number of amides is 2. The Morgan fingerprint density at radius 1 is 0.786 bits per heavy atom. The van der Waals surface area contributed by atoms with Crippen LogP contribution in [0.1, 0.15) is 130 Å². The van der Waals surface area contributed by atoms with E-state index in [1.165, 1.54) is 96.3 Å². The maximum atomic E-state index is 12.1. The molecule has 0 aromatic rings. The highest BCUT2D eigenvalue weighted by atomic mass is 16.2. The first-order valence-electron chi connectivity index (χ1n) is 12.4. The van der Waals surface area contributed by atoms with Crippen LogP contribution in [0.3, 0.4) is 0 Å². The Morgan fingerprint density at radius 3 is 1.79 bits per heavy atom. The van der Waals surface area contributed by atoms with E-state index >= 15 is 0 Å². The van der Waals surface area contributed by atoms with Crippen LogP contribution in [0, 0.1) is 0 Å². The van der Waals surface area contributed by atoms with Gasteiger partial charge in [0.1, 0.15) is 0 Å². The SMILES string of the molecule is CCCCCCCCCCCCCCCCNC(=O)NN1CCCCC1(C)C. The van der Waals surface area contributed by atoms with Crippen molar-refractivity contribution in [3.8, 4) is 0 Å². The Kier molecular flexibility index (Phi) is 14.5. The molecule has 0 spiro atoms. The number of hydrogen-bond acceptors (Lipinski definition) is 2. The van der Waals surface area contributed by atoms with Gasteiger partial charge in [-0.3, -0.25) is 5.43 Å². The average molecular weight is 396 g/mol. The molecule has 1 rings (SSSR count). The zero-order valence-electron chi connectivity index (χ0n) is 19.3. The lowest BCUT2D eigenvalue weighted by Gasteiger charge is -2.42. The molecule has 166 valence electrons. The standard InChI is InChI=1S/C24H49N3O/c1-4-5-6-7-8-9-10-11-12-13-14-15-16-18-21-25-23(28)26-27-22-19-17-20-24(27,2)3/h4-22H2,1-3H3,(H2,25,26,28). The second-order valence-electron chi connectivity index (χ2n) is 9.39. The van der Waals surface area contributed by atoms with Crippen LogP contribution in [-0.4, -0.2) is 29.7 Å². The van der Waals surface area contributed by atoms with E-state index in [0.717, 1.165) is 25.9 Å². The van der Waals surface area contributed by atoms with Gasteiger partial charge >= 0.3 is 6.03 Å².